The largest absolute Gasteiger partial charge is 0.492 e. The maximum Gasteiger partial charge on any atom is 0.320 e. The molecule has 1 atom stereocenters. The third-order valence-electron chi connectivity index (χ3n) is 2.21. The Hall–Kier alpha value is -1.55. The van der Waals surface area contributed by atoms with Crippen molar-refractivity contribution in [1.82, 2.24) is 5.32 Å². The first-order chi connectivity index (χ1) is 7.74. The molecule has 0 aliphatic carbocycles. The van der Waals surface area contributed by atoms with Gasteiger partial charge in [-0.3, -0.25) is 4.79 Å². The zero-order valence-electron chi connectivity index (χ0n) is 9.35. The molecule has 88 valence electrons. The smallest absolute Gasteiger partial charge is 0.320 e. The van der Waals surface area contributed by atoms with E-state index in [1.165, 1.54) is 0 Å². The summed E-state index contributed by atoms with van der Waals surface area (Å²) >= 11 is 0. The van der Waals surface area contributed by atoms with Crippen molar-refractivity contribution in [2.45, 2.75) is 19.4 Å². The molecule has 4 heteroatoms. The minimum absolute atomic E-state index is 0.466. The fourth-order valence-electron chi connectivity index (χ4n) is 1.33. The van der Waals surface area contributed by atoms with Crippen LogP contribution >= 0.6 is 0 Å². The van der Waals surface area contributed by atoms with Gasteiger partial charge in [-0.2, -0.15) is 0 Å². The molecule has 0 aromatic heterocycles. The van der Waals surface area contributed by atoms with Crippen molar-refractivity contribution in [3.8, 4) is 5.75 Å². The number of benzene rings is 1. The zero-order valence-corrected chi connectivity index (χ0v) is 9.35. The van der Waals surface area contributed by atoms with E-state index in [2.05, 4.69) is 5.32 Å². The molecule has 1 aromatic carbocycles. The predicted octanol–water partition coefficient (Wildman–Crippen LogP) is 1.52. The van der Waals surface area contributed by atoms with E-state index in [4.69, 9.17) is 9.84 Å². The monoisotopic (exact) mass is 223 g/mol. The zero-order chi connectivity index (χ0) is 11.8. The lowest BCUT2D eigenvalue weighted by atomic mass is 10.2. The highest BCUT2D eigenvalue weighted by molar-refractivity contribution is 5.73. The molecule has 0 spiro atoms. The van der Waals surface area contributed by atoms with Crippen molar-refractivity contribution in [2.75, 3.05) is 13.2 Å². The molecule has 0 bridgehead atoms. The Kier molecular flexibility index (Phi) is 5.36. The average molecular weight is 223 g/mol. The molecule has 2 N–H and O–H groups in total. The van der Waals surface area contributed by atoms with E-state index in [-0.39, 0.29) is 0 Å². The van der Waals surface area contributed by atoms with Gasteiger partial charge in [-0.1, -0.05) is 25.1 Å². The number of para-hydroxylation sites is 1. The quantitative estimate of drug-likeness (QED) is 0.688. The third kappa shape index (κ3) is 4.31. The van der Waals surface area contributed by atoms with Gasteiger partial charge in [0, 0.05) is 6.54 Å². The molecular formula is C12H17NO3. The van der Waals surface area contributed by atoms with E-state index < -0.39 is 12.0 Å². The Morgan fingerprint density at radius 1 is 1.44 bits per heavy atom. The Labute approximate surface area is 95.2 Å². The molecule has 16 heavy (non-hydrogen) atoms. The van der Waals surface area contributed by atoms with Gasteiger partial charge in [-0.25, -0.2) is 0 Å². The van der Waals surface area contributed by atoms with E-state index >= 15 is 0 Å². The summed E-state index contributed by atoms with van der Waals surface area (Å²) in [6.07, 6.45) is 0.570. The molecule has 0 fully saturated rings. The van der Waals surface area contributed by atoms with Gasteiger partial charge in [-0.15, -0.1) is 0 Å². The second-order valence-corrected chi connectivity index (χ2v) is 3.41. The lowest BCUT2D eigenvalue weighted by Crippen LogP contribution is -2.38. The highest BCUT2D eigenvalue weighted by Gasteiger charge is 2.12. The molecular weight excluding hydrogens is 206 g/mol. The molecule has 0 radical (unpaired) electrons. The van der Waals surface area contributed by atoms with Crippen LogP contribution in [0.15, 0.2) is 30.3 Å². The Morgan fingerprint density at radius 2 is 2.12 bits per heavy atom. The van der Waals surface area contributed by atoms with Crippen molar-refractivity contribution < 1.29 is 14.6 Å². The maximum absolute atomic E-state index is 10.7. The number of aliphatic carboxylic acids is 1. The van der Waals surface area contributed by atoms with Crippen molar-refractivity contribution in [2.24, 2.45) is 0 Å². The first kappa shape index (κ1) is 12.5. The van der Waals surface area contributed by atoms with Gasteiger partial charge < -0.3 is 15.2 Å². The molecule has 1 unspecified atom stereocenters. The maximum atomic E-state index is 10.7. The number of ether oxygens (including phenoxy) is 1. The van der Waals surface area contributed by atoms with Crippen molar-refractivity contribution >= 4 is 5.97 Å². The topological polar surface area (TPSA) is 58.6 Å². The lowest BCUT2D eigenvalue weighted by Gasteiger charge is -2.12. The van der Waals surface area contributed by atoms with Crippen LogP contribution in [-0.4, -0.2) is 30.3 Å². The van der Waals surface area contributed by atoms with Crippen LogP contribution in [0.4, 0.5) is 0 Å². The Morgan fingerprint density at radius 3 is 2.69 bits per heavy atom. The van der Waals surface area contributed by atoms with Crippen LogP contribution in [0.5, 0.6) is 5.75 Å². The molecule has 0 aliphatic rings. The number of carboxylic acids is 1. The molecule has 0 amide bonds. The number of nitrogens with one attached hydrogen (secondary N) is 1. The number of carbonyl (C=O) groups is 1. The summed E-state index contributed by atoms with van der Waals surface area (Å²) in [7, 11) is 0. The number of hydrogen-bond donors (Lipinski definition) is 2. The third-order valence-corrected chi connectivity index (χ3v) is 2.21. The summed E-state index contributed by atoms with van der Waals surface area (Å²) in [5.41, 5.74) is 0. The van der Waals surface area contributed by atoms with Crippen molar-refractivity contribution in [1.29, 1.82) is 0 Å². The van der Waals surface area contributed by atoms with Crippen LogP contribution in [-0.2, 0) is 4.79 Å². The molecule has 0 heterocycles. The van der Waals surface area contributed by atoms with Crippen LogP contribution in [0, 0.1) is 0 Å². The SMILES string of the molecule is CCC(NCCOc1ccccc1)C(=O)O. The minimum atomic E-state index is -0.817. The summed E-state index contributed by atoms with van der Waals surface area (Å²) in [5.74, 6) is -0.0186. The highest BCUT2D eigenvalue weighted by atomic mass is 16.5. The normalized spacial score (nSPS) is 12.1. The molecule has 0 saturated heterocycles. The average Bonchev–Trinajstić information content (AvgIpc) is 2.30. The number of carboxylic acid groups (broad SMARTS) is 1. The van der Waals surface area contributed by atoms with Gasteiger partial charge >= 0.3 is 5.97 Å². The van der Waals surface area contributed by atoms with Crippen molar-refractivity contribution in [3.63, 3.8) is 0 Å². The van der Waals surface area contributed by atoms with E-state index in [0.29, 0.717) is 19.6 Å². The van der Waals surface area contributed by atoms with E-state index in [0.717, 1.165) is 5.75 Å². The Bertz CT molecular complexity index is 313. The van der Waals surface area contributed by atoms with Gasteiger partial charge in [0.05, 0.1) is 0 Å². The fourth-order valence-corrected chi connectivity index (χ4v) is 1.33. The highest BCUT2D eigenvalue weighted by Crippen LogP contribution is 2.07. The van der Waals surface area contributed by atoms with Gasteiger partial charge in [0.15, 0.2) is 0 Å². The van der Waals surface area contributed by atoms with Gasteiger partial charge in [0.25, 0.3) is 0 Å². The van der Waals surface area contributed by atoms with Crippen LogP contribution < -0.4 is 10.1 Å². The van der Waals surface area contributed by atoms with Gasteiger partial charge in [0.1, 0.15) is 18.4 Å². The lowest BCUT2D eigenvalue weighted by molar-refractivity contribution is -0.139. The summed E-state index contributed by atoms with van der Waals surface area (Å²) < 4.78 is 5.43. The van der Waals surface area contributed by atoms with Crippen LogP contribution in [0.2, 0.25) is 0 Å². The Balaban J connectivity index is 2.19. The van der Waals surface area contributed by atoms with E-state index in [1.807, 2.05) is 37.3 Å². The molecule has 1 rings (SSSR count). The minimum Gasteiger partial charge on any atom is -0.492 e. The second-order valence-electron chi connectivity index (χ2n) is 3.41. The number of hydrogen-bond acceptors (Lipinski definition) is 3. The first-order valence-corrected chi connectivity index (χ1v) is 5.38. The van der Waals surface area contributed by atoms with Crippen LogP contribution in [0.3, 0.4) is 0 Å². The summed E-state index contributed by atoms with van der Waals surface area (Å²) in [6.45, 7) is 2.83. The number of rotatable bonds is 7. The van der Waals surface area contributed by atoms with Crippen molar-refractivity contribution in [3.05, 3.63) is 30.3 Å². The molecule has 1 aromatic rings. The predicted molar refractivity (Wildman–Crippen MR) is 61.7 cm³/mol. The summed E-state index contributed by atoms with van der Waals surface area (Å²) in [4.78, 5) is 10.7. The van der Waals surface area contributed by atoms with E-state index in [9.17, 15) is 4.79 Å². The van der Waals surface area contributed by atoms with Gasteiger partial charge in [-0.05, 0) is 18.6 Å². The second kappa shape index (κ2) is 6.85. The first-order valence-electron chi connectivity index (χ1n) is 5.38. The van der Waals surface area contributed by atoms with Crippen LogP contribution in [0.25, 0.3) is 0 Å². The molecule has 0 aliphatic heterocycles. The fraction of sp³-hybridized carbons (Fsp3) is 0.417. The molecule has 4 nitrogen and oxygen atoms in total. The molecule has 0 saturated carbocycles. The standard InChI is InChI=1S/C12H17NO3/c1-2-11(12(14)15)13-8-9-16-10-6-4-3-5-7-10/h3-7,11,13H,2,8-9H2,1H3,(H,14,15). The van der Waals surface area contributed by atoms with E-state index in [1.54, 1.807) is 0 Å². The summed E-state index contributed by atoms with van der Waals surface area (Å²) in [6, 6.07) is 8.97. The summed E-state index contributed by atoms with van der Waals surface area (Å²) in [5, 5.41) is 11.7. The van der Waals surface area contributed by atoms with Gasteiger partial charge in [0.2, 0.25) is 0 Å². The van der Waals surface area contributed by atoms with Crippen LogP contribution in [0.1, 0.15) is 13.3 Å².